The monoisotopic (exact) mass is 188 g/mol. The Bertz CT molecular complexity index is 442. The lowest BCUT2D eigenvalue weighted by molar-refractivity contribution is 0.187. The molecular formula is C11H12N2O. The van der Waals surface area contributed by atoms with Crippen LogP contribution in [0.2, 0.25) is 0 Å². The number of hydrogen-bond acceptors (Lipinski definition) is 3. The summed E-state index contributed by atoms with van der Waals surface area (Å²) in [6.45, 7) is 0.234. The second-order valence-electron chi connectivity index (χ2n) is 3.21. The van der Waals surface area contributed by atoms with E-state index < -0.39 is 6.10 Å². The van der Waals surface area contributed by atoms with Crippen LogP contribution in [-0.2, 0) is 0 Å². The molecule has 1 aromatic carbocycles. The van der Waals surface area contributed by atoms with Crippen molar-refractivity contribution >= 4 is 10.9 Å². The number of aromatic nitrogens is 1. The Morgan fingerprint density at radius 2 is 2.21 bits per heavy atom. The van der Waals surface area contributed by atoms with Gasteiger partial charge < -0.3 is 10.8 Å². The molecule has 0 aliphatic rings. The van der Waals surface area contributed by atoms with Crippen LogP contribution in [0.5, 0.6) is 0 Å². The standard InChI is InChI=1S/C11H12N2O/c12-7-11(14)9-4-3-8-2-1-5-13-10(8)6-9/h1-6,11,14H,7,12H2/t11-/m1/s1. The van der Waals surface area contributed by atoms with Crippen molar-refractivity contribution < 1.29 is 5.11 Å². The van der Waals surface area contributed by atoms with Gasteiger partial charge in [-0.3, -0.25) is 4.98 Å². The number of benzene rings is 1. The summed E-state index contributed by atoms with van der Waals surface area (Å²) >= 11 is 0. The van der Waals surface area contributed by atoms with Gasteiger partial charge in [-0.1, -0.05) is 18.2 Å². The van der Waals surface area contributed by atoms with Crippen molar-refractivity contribution in [2.45, 2.75) is 6.10 Å². The molecule has 1 heterocycles. The molecule has 0 saturated heterocycles. The van der Waals surface area contributed by atoms with Gasteiger partial charge in [0.15, 0.2) is 0 Å². The summed E-state index contributed by atoms with van der Waals surface area (Å²) < 4.78 is 0. The van der Waals surface area contributed by atoms with E-state index in [1.807, 2.05) is 30.3 Å². The molecule has 0 aliphatic heterocycles. The lowest BCUT2D eigenvalue weighted by atomic mass is 10.1. The number of nitrogens with two attached hydrogens (primary N) is 1. The molecule has 0 aliphatic carbocycles. The van der Waals surface area contributed by atoms with Gasteiger partial charge in [0.1, 0.15) is 0 Å². The Morgan fingerprint density at radius 3 is 3.00 bits per heavy atom. The molecule has 0 radical (unpaired) electrons. The Balaban J connectivity index is 2.51. The van der Waals surface area contributed by atoms with Gasteiger partial charge in [0, 0.05) is 18.1 Å². The van der Waals surface area contributed by atoms with Crippen LogP contribution in [0.1, 0.15) is 11.7 Å². The summed E-state index contributed by atoms with van der Waals surface area (Å²) in [6, 6.07) is 9.56. The van der Waals surface area contributed by atoms with Gasteiger partial charge in [-0.05, 0) is 17.7 Å². The predicted molar refractivity (Wildman–Crippen MR) is 55.8 cm³/mol. The third kappa shape index (κ3) is 1.60. The van der Waals surface area contributed by atoms with E-state index in [9.17, 15) is 5.11 Å². The third-order valence-corrected chi connectivity index (χ3v) is 2.24. The summed E-state index contributed by atoms with van der Waals surface area (Å²) in [4.78, 5) is 4.21. The van der Waals surface area contributed by atoms with E-state index in [0.29, 0.717) is 0 Å². The zero-order valence-electron chi connectivity index (χ0n) is 7.72. The SMILES string of the molecule is NC[C@@H](O)c1ccc2cccnc2c1. The first-order chi connectivity index (χ1) is 6.81. The van der Waals surface area contributed by atoms with E-state index in [-0.39, 0.29) is 6.54 Å². The van der Waals surface area contributed by atoms with E-state index in [1.165, 1.54) is 0 Å². The molecule has 2 rings (SSSR count). The highest BCUT2D eigenvalue weighted by molar-refractivity contribution is 5.78. The van der Waals surface area contributed by atoms with Crippen LogP contribution in [0, 0.1) is 0 Å². The number of nitrogens with zero attached hydrogens (tertiary/aromatic N) is 1. The van der Waals surface area contributed by atoms with Crippen LogP contribution in [0.15, 0.2) is 36.5 Å². The average molecular weight is 188 g/mol. The van der Waals surface area contributed by atoms with Crippen molar-refractivity contribution in [3.05, 3.63) is 42.1 Å². The first-order valence-corrected chi connectivity index (χ1v) is 4.54. The number of aliphatic hydroxyl groups is 1. The van der Waals surface area contributed by atoms with Gasteiger partial charge in [-0.2, -0.15) is 0 Å². The highest BCUT2D eigenvalue weighted by Crippen LogP contribution is 2.17. The van der Waals surface area contributed by atoms with Gasteiger partial charge in [0.2, 0.25) is 0 Å². The van der Waals surface area contributed by atoms with E-state index in [2.05, 4.69) is 4.98 Å². The molecule has 0 fully saturated rings. The van der Waals surface area contributed by atoms with E-state index in [1.54, 1.807) is 6.20 Å². The number of hydrogen-bond donors (Lipinski definition) is 2. The van der Waals surface area contributed by atoms with Crippen LogP contribution in [-0.4, -0.2) is 16.6 Å². The van der Waals surface area contributed by atoms with Crippen molar-refractivity contribution in [3.63, 3.8) is 0 Å². The largest absolute Gasteiger partial charge is 0.387 e. The zero-order chi connectivity index (χ0) is 9.97. The summed E-state index contributed by atoms with van der Waals surface area (Å²) in [6.07, 6.45) is 1.14. The second kappa shape index (κ2) is 3.74. The summed E-state index contributed by atoms with van der Waals surface area (Å²) in [7, 11) is 0. The fourth-order valence-corrected chi connectivity index (χ4v) is 1.43. The zero-order valence-corrected chi connectivity index (χ0v) is 7.72. The van der Waals surface area contributed by atoms with Crippen LogP contribution in [0.3, 0.4) is 0 Å². The van der Waals surface area contributed by atoms with Crippen molar-refractivity contribution in [2.75, 3.05) is 6.54 Å². The van der Waals surface area contributed by atoms with Gasteiger partial charge in [-0.15, -0.1) is 0 Å². The summed E-state index contributed by atoms with van der Waals surface area (Å²) in [5, 5.41) is 10.6. The smallest absolute Gasteiger partial charge is 0.0913 e. The maximum absolute atomic E-state index is 9.54. The van der Waals surface area contributed by atoms with E-state index in [4.69, 9.17) is 5.73 Å². The van der Waals surface area contributed by atoms with Crippen molar-refractivity contribution in [1.82, 2.24) is 4.98 Å². The van der Waals surface area contributed by atoms with Gasteiger partial charge in [0.05, 0.1) is 11.6 Å². The lowest BCUT2D eigenvalue weighted by Gasteiger charge is -2.08. The molecule has 0 spiro atoms. The van der Waals surface area contributed by atoms with E-state index in [0.717, 1.165) is 16.5 Å². The van der Waals surface area contributed by atoms with Crippen molar-refractivity contribution in [1.29, 1.82) is 0 Å². The Labute approximate surface area is 82.2 Å². The molecule has 72 valence electrons. The minimum absolute atomic E-state index is 0.234. The third-order valence-electron chi connectivity index (χ3n) is 2.24. The molecule has 2 aromatic rings. The number of rotatable bonds is 2. The predicted octanol–water partition coefficient (Wildman–Crippen LogP) is 1.23. The molecule has 3 nitrogen and oxygen atoms in total. The molecule has 1 atom stereocenters. The molecule has 3 heteroatoms. The first-order valence-electron chi connectivity index (χ1n) is 4.54. The fraction of sp³-hybridized carbons (Fsp3) is 0.182. The molecule has 0 bridgehead atoms. The van der Waals surface area contributed by atoms with Gasteiger partial charge in [-0.25, -0.2) is 0 Å². The maximum Gasteiger partial charge on any atom is 0.0913 e. The van der Waals surface area contributed by atoms with Crippen LogP contribution in [0.25, 0.3) is 10.9 Å². The first kappa shape index (κ1) is 9.12. The van der Waals surface area contributed by atoms with Crippen molar-refractivity contribution in [2.24, 2.45) is 5.73 Å². The lowest BCUT2D eigenvalue weighted by Crippen LogP contribution is -2.11. The minimum atomic E-state index is -0.596. The number of pyridine rings is 1. The maximum atomic E-state index is 9.54. The van der Waals surface area contributed by atoms with Crippen LogP contribution >= 0.6 is 0 Å². The summed E-state index contributed by atoms with van der Waals surface area (Å²) in [5.74, 6) is 0. The molecule has 14 heavy (non-hydrogen) atoms. The minimum Gasteiger partial charge on any atom is -0.387 e. The van der Waals surface area contributed by atoms with Gasteiger partial charge in [0.25, 0.3) is 0 Å². The quantitative estimate of drug-likeness (QED) is 0.745. The Morgan fingerprint density at radius 1 is 1.36 bits per heavy atom. The van der Waals surface area contributed by atoms with Gasteiger partial charge >= 0.3 is 0 Å². The van der Waals surface area contributed by atoms with Crippen LogP contribution < -0.4 is 5.73 Å². The topological polar surface area (TPSA) is 59.1 Å². The van der Waals surface area contributed by atoms with Crippen molar-refractivity contribution in [3.8, 4) is 0 Å². The molecule has 3 N–H and O–H groups in total. The summed E-state index contributed by atoms with van der Waals surface area (Å²) in [5.41, 5.74) is 7.08. The fourth-order valence-electron chi connectivity index (χ4n) is 1.43. The second-order valence-corrected chi connectivity index (χ2v) is 3.21. The Hall–Kier alpha value is -1.45. The van der Waals surface area contributed by atoms with E-state index >= 15 is 0 Å². The Kier molecular flexibility index (Phi) is 2.43. The molecular weight excluding hydrogens is 176 g/mol. The highest BCUT2D eigenvalue weighted by Gasteiger charge is 2.05. The average Bonchev–Trinajstić information content (AvgIpc) is 2.27. The van der Waals surface area contributed by atoms with Crippen LogP contribution in [0.4, 0.5) is 0 Å². The highest BCUT2D eigenvalue weighted by atomic mass is 16.3. The molecule has 0 unspecified atom stereocenters. The molecule has 1 aromatic heterocycles. The molecule has 0 saturated carbocycles. The number of aliphatic hydroxyl groups excluding tert-OH is 1. The number of fused-ring (bicyclic) bond motifs is 1. The molecule has 0 amide bonds. The normalized spacial score (nSPS) is 13.0.